The molecular formula is C30H44N4O4S2. The van der Waals surface area contributed by atoms with Crippen LogP contribution in [-0.4, -0.2) is 29.6 Å². The zero-order valence-electron chi connectivity index (χ0n) is 24.3. The molecule has 3 atom stereocenters. The van der Waals surface area contributed by atoms with Gasteiger partial charge in [-0.2, -0.15) is 0 Å². The molecule has 1 aliphatic heterocycles. The number of nitrogens with zero attached hydrogens (tertiary/aromatic N) is 1. The van der Waals surface area contributed by atoms with E-state index in [1.807, 2.05) is 49.2 Å². The Bertz CT molecular complexity index is 1440. The normalized spacial score (nSPS) is 21.2. The van der Waals surface area contributed by atoms with Crippen molar-refractivity contribution in [3.63, 3.8) is 0 Å². The Morgan fingerprint density at radius 2 is 1.93 bits per heavy atom. The number of hydrogen-bond acceptors (Lipinski definition) is 6. The van der Waals surface area contributed by atoms with Crippen molar-refractivity contribution >= 4 is 38.7 Å². The summed E-state index contributed by atoms with van der Waals surface area (Å²) < 4.78 is 28.5. The van der Waals surface area contributed by atoms with Gasteiger partial charge in [-0.15, -0.1) is 0 Å². The molecule has 10 heteroatoms. The van der Waals surface area contributed by atoms with Crippen LogP contribution in [0.25, 0.3) is 11.0 Å². The number of aromatic nitrogens is 2. The van der Waals surface area contributed by atoms with Crippen molar-refractivity contribution < 1.29 is 13.2 Å². The summed E-state index contributed by atoms with van der Waals surface area (Å²) in [5.74, 6) is 0.243. The molecule has 220 valence electrons. The molecule has 1 saturated carbocycles. The predicted octanol–water partition coefficient (Wildman–Crippen LogP) is 6.11. The molecule has 2 unspecified atom stereocenters. The lowest BCUT2D eigenvalue weighted by Gasteiger charge is -2.16. The van der Waals surface area contributed by atoms with Crippen LogP contribution in [0.5, 0.6) is 0 Å². The number of nitrogens with one attached hydrogen (secondary N) is 3. The molecule has 40 heavy (non-hydrogen) atoms. The number of amides is 1. The summed E-state index contributed by atoms with van der Waals surface area (Å²) >= 11 is 1.83. The Labute approximate surface area is 242 Å². The third-order valence-electron chi connectivity index (χ3n) is 7.79. The van der Waals surface area contributed by atoms with Crippen LogP contribution in [0.3, 0.4) is 0 Å². The van der Waals surface area contributed by atoms with Gasteiger partial charge in [-0.05, 0) is 70.3 Å². The van der Waals surface area contributed by atoms with Crippen LogP contribution in [-0.2, 0) is 14.8 Å². The van der Waals surface area contributed by atoms with E-state index in [-0.39, 0.29) is 34.7 Å². The van der Waals surface area contributed by atoms with Crippen molar-refractivity contribution in [2.75, 3.05) is 5.75 Å². The number of benzene rings is 1. The minimum atomic E-state index is -3.55. The van der Waals surface area contributed by atoms with Gasteiger partial charge in [-0.25, -0.2) is 13.2 Å². The minimum absolute atomic E-state index is 0.0109. The molecule has 0 saturated heterocycles. The fraction of sp³-hybridized carbons (Fsp3) is 0.600. The number of fused-ring (bicyclic) bond motifs is 1. The van der Waals surface area contributed by atoms with Gasteiger partial charge in [0.15, 0.2) is 0 Å². The average molecular weight is 589 g/mol. The fourth-order valence-electron chi connectivity index (χ4n) is 5.49. The second-order valence-corrected chi connectivity index (χ2v) is 14.6. The Morgan fingerprint density at radius 3 is 2.60 bits per heavy atom. The van der Waals surface area contributed by atoms with Crippen molar-refractivity contribution in [3.8, 4) is 0 Å². The van der Waals surface area contributed by atoms with Crippen molar-refractivity contribution in [3.05, 3.63) is 57.0 Å². The lowest BCUT2D eigenvalue weighted by molar-refractivity contribution is -0.120. The third kappa shape index (κ3) is 7.24. The van der Waals surface area contributed by atoms with E-state index in [0.717, 1.165) is 55.1 Å². The Kier molecular flexibility index (Phi) is 9.93. The van der Waals surface area contributed by atoms with Crippen LogP contribution in [0, 0.1) is 17.8 Å². The summed E-state index contributed by atoms with van der Waals surface area (Å²) in [5.41, 5.74) is 4.11. The number of sulfonamides is 1. The SMILES string of the molecule is CCC1C[C@@H]1C(=O)NS(=O)(=O)CCCC/C=C\CCC1=C(C(C)C)NC(c2cccc3c2[nH]c(=O)n3C(C)C)S1. The van der Waals surface area contributed by atoms with Crippen molar-refractivity contribution in [2.45, 2.75) is 91.0 Å². The summed E-state index contributed by atoms with van der Waals surface area (Å²) in [4.78, 5) is 29.1. The van der Waals surface area contributed by atoms with Gasteiger partial charge in [-0.3, -0.25) is 14.1 Å². The number of imidazole rings is 1. The third-order valence-corrected chi connectivity index (χ3v) is 10.4. The van der Waals surface area contributed by atoms with E-state index in [0.29, 0.717) is 18.3 Å². The first-order valence-corrected chi connectivity index (χ1v) is 17.1. The topological polar surface area (TPSA) is 113 Å². The van der Waals surface area contributed by atoms with Crippen LogP contribution in [0.2, 0.25) is 0 Å². The number of H-pyrrole nitrogens is 1. The highest BCUT2D eigenvalue weighted by molar-refractivity contribution is 8.03. The number of carbonyl (C=O) groups excluding carboxylic acids is 1. The van der Waals surface area contributed by atoms with Gasteiger partial charge in [0.1, 0.15) is 5.37 Å². The van der Waals surface area contributed by atoms with Gasteiger partial charge in [0, 0.05) is 28.1 Å². The smallest absolute Gasteiger partial charge is 0.326 e. The summed E-state index contributed by atoms with van der Waals surface area (Å²) in [6, 6.07) is 6.20. The lowest BCUT2D eigenvalue weighted by atomic mass is 10.1. The summed E-state index contributed by atoms with van der Waals surface area (Å²) in [7, 11) is -3.55. The molecular weight excluding hydrogens is 544 g/mol. The lowest BCUT2D eigenvalue weighted by Crippen LogP contribution is -2.34. The largest absolute Gasteiger partial charge is 0.372 e. The van der Waals surface area contributed by atoms with E-state index < -0.39 is 10.0 Å². The molecule has 1 aliphatic carbocycles. The summed E-state index contributed by atoms with van der Waals surface area (Å²) in [6.07, 6.45) is 9.98. The molecule has 8 nitrogen and oxygen atoms in total. The van der Waals surface area contributed by atoms with E-state index in [1.165, 1.54) is 10.6 Å². The quantitative estimate of drug-likeness (QED) is 0.181. The van der Waals surface area contributed by atoms with Crippen molar-refractivity contribution in [1.82, 2.24) is 19.6 Å². The molecule has 1 amide bonds. The van der Waals surface area contributed by atoms with E-state index >= 15 is 0 Å². The van der Waals surface area contributed by atoms with Crippen molar-refractivity contribution in [2.24, 2.45) is 17.8 Å². The zero-order valence-corrected chi connectivity index (χ0v) is 26.0. The number of hydrogen-bond donors (Lipinski definition) is 3. The van der Waals surface area contributed by atoms with Gasteiger partial charge in [-0.1, -0.05) is 63.2 Å². The highest BCUT2D eigenvalue weighted by atomic mass is 32.2. The summed E-state index contributed by atoms with van der Waals surface area (Å²) in [6.45, 7) is 10.5. The number of aromatic amines is 1. The van der Waals surface area contributed by atoms with E-state index in [9.17, 15) is 18.0 Å². The first-order valence-electron chi connectivity index (χ1n) is 14.6. The maximum absolute atomic E-state index is 12.6. The second kappa shape index (κ2) is 13.0. The Morgan fingerprint density at radius 1 is 1.18 bits per heavy atom. The average Bonchev–Trinajstić information content (AvgIpc) is 3.43. The Balaban J connectivity index is 1.25. The minimum Gasteiger partial charge on any atom is -0.372 e. The molecule has 1 fully saturated rings. The molecule has 2 aliphatic rings. The molecule has 2 aromatic rings. The van der Waals surface area contributed by atoms with Crippen LogP contribution in [0.15, 0.2) is 45.7 Å². The van der Waals surface area contributed by atoms with Gasteiger partial charge in [0.25, 0.3) is 0 Å². The highest BCUT2D eigenvalue weighted by Gasteiger charge is 2.42. The van der Waals surface area contributed by atoms with Gasteiger partial charge in [0.05, 0.1) is 16.8 Å². The van der Waals surface area contributed by atoms with E-state index in [2.05, 4.69) is 47.1 Å². The Hall–Kier alpha value is -2.46. The second-order valence-electron chi connectivity index (χ2n) is 11.6. The number of carbonyl (C=O) groups is 1. The highest BCUT2D eigenvalue weighted by Crippen LogP contribution is 2.45. The zero-order chi connectivity index (χ0) is 29.0. The molecule has 1 aromatic heterocycles. The number of para-hydroxylation sites is 1. The molecule has 3 N–H and O–H groups in total. The van der Waals surface area contributed by atoms with Gasteiger partial charge < -0.3 is 10.3 Å². The van der Waals surface area contributed by atoms with E-state index in [1.54, 1.807) is 0 Å². The number of thioether (sulfide) groups is 1. The first-order chi connectivity index (χ1) is 19.0. The molecule has 0 bridgehead atoms. The van der Waals surface area contributed by atoms with Gasteiger partial charge >= 0.3 is 5.69 Å². The number of rotatable bonds is 14. The van der Waals surface area contributed by atoms with Crippen LogP contribution in [0.1, 0.15) is 96.5 Å². The number of unbranched alkanes of at least 4 members (excludes halogenated alkanes) is 2. The van der Waals surface area contributed by atoms with Gasteiger partial charge in [0.2, 0.25) is 15.9 Å². The monoisotopic (exact) mass is 588 g/mol. The predicted molar refractivity (Wildman–Crippen MR) is 164 cm³/mol. The molecule has 2 heterocycles. The van der Waals surface area contributed by atoms with Crippen LogP contribution < -0.4 is 15.7 Å². The molecule has 0 radical (unpaired) electrons. The van der Waals surface area contributed by atoms with Crippen LogP contribution in [0.4, 0.5) is 0 Å². The molecule has 0 spiro atoms. The maximum atomic E-state index is 12.6. The van der Waals surface area contributed by atoms with Crippen molar-refractivity contribution in [1.29, 1.82) is 0 Å². The van der Waals surface area contributed by atoms with E-state index in [4.69, 9.17) is 0 Å². The summed E-state index contributed by atoms with van der Waals surface area (Å²) in [5, 5.41) is 3.77. The first kappa shape index (κ1) is 30.5. The van der Waals surface area contributed by atoms with Crippen LogP contribution >= 0.6 is 11.8 Å². The molecule has 4 rings (SSSR count). The maximum Gasteiger partial charge on any atom is 0.326 e. The molecule has 1 aromatic carbocycles. The fourth-order valence-corrected chi connectivity index (χ4v) is 8.08. The number of allylic oxidation sites excluding steroid dienone is 4. The standard InChI is InChI=1S/C30H44N4O4S2/c1-6-21-18-23(21)28(35)33-40(37,38)17-12-10-8-7-9-11-16-25-26(19(2)3)31-29(39-25)22-14-13-15-24-27(22)32-30(36)34(24)20(4)5/h7,9,13-15,19-21,23,29,31H,6,8,10-12,16-18H2,1-5H3,(H,32,36)(H,33,35)/b9-7-/t21?,23-,29?/m0/s1.